The molecule has 2 rings (SSSR count). The Kier molecular flexibility index (Phi) is 3.03. The maximum Gasteiger partial charge on any atom is 0.187 e. The van der Waals surface area contributed by atoms with Crippen LogP contribution in [0.25, 0.3) is 11.1 Å². The highest BCUT2D eigenvalue weighted by molar-refractivity contribution is 7.79. The molecule has 82 valence electrons. The number of rotatable bonds is 2. The molecular weight excluding hydrogens is 224 g/mol. The van der Waals surface area contributed by atoms with Crippen LogP contribution in [0.2, 0.25) is 0 Å². The second kappa shape index (κ2) is 4.47. The van der Waals surface area contributed by atoms with Crippen LogP contribution in [-0.2, 0) is 11.1 Å². The lowest BCUT2D eigenvalue weighted by molar-refractivity contribution is 0.477. The van der Waals surface area contributed by atoms with Gasteiger partial charge >= 0.3 is 0 Å². The molecule has 0 saturated carbocycles. The summed E-state index contributed by atoms with van der Waals surface area (Å²) in [6, 6.07) is 13.5. The third kappa shape index (κ3) is 1.98. The summed E-state index contributed by atoms with van der Waals surface area (Å²) in [5.41, 5.74) is 1.13. The van der Waals surface area contributed by atoms with Gasteiger partial charge in [-0.15, -0.1) is 0 Å². The minimum Gasteiger partial charge on any atom is -0.507 e. The highest BCUT2D eigenvalue weighted by Crippen LogP contribution is 2.32. The average molecular weight is 234 g/mol. The largest absolute Gasteiger partial charge is 0.507 e. The first-order valence-electron chi connectivity index (χ1n) is 4.68. The van der Waals surface area contributed by atoms with Crippen molar-refractivity contribution in [2.75, 3.05) is 0 Å². The number of phenols is 1. The van der Waals surface area contributed by atoms with Crippen LogP contribution in [0.1, 0.15) is 0 Å². The molecule has 2 N–H and O–H groups in total. The highest BCUT2D eigenvalue weighted by atomic mass is 32.2. The minimum atomic E-state index is -2.06. The van der Waals surface area contributed by atoms with E-state index in [1.54, 1.807) is 48.5 Å². The summed E-state index contributed by atoms with van der Waals surface area (Å²) in [6.45, 7) is 0. The van der Waals surface area contributed by atoms with Gasteiger partial charge in [0.05, 0.1) is 4.90 Å². The van der Waals surface area contributed by atoms with E-state index in [1.165, 1.54) is 0 Å². The number of benzene rings is 2. The van der Waals surface area contributed by atoms with Crippen molar-refractivity contribution < 1.29 is 13.9 Å². The monoisotopic (exact) mass is 234 g/mol. The van der Waals surface area contributed by atoms with Gasteiger partial charge in [0.15, 0.2) is 11.1 Å². The number of hydrogen-bond acceptors (Lipinski definition) is 2. The standard InChI is InChI=1S/C12H10O3S/c13-11-7-3-1-5-9(11)10-6-2-4-8-12(10)16(14)15/h1-8,13H,(H,14,15). The van der Waals surface area contributed by atoms with Gasteiger partial charge in [0.1, 0.15) is 5.75 Å². The third-order valence-electron chi connectivity index (χ3n) is 2.27. The van der Waals surface area contributed by atoms with Gasteiger partial charge in [-0.3, -0.25) is 0 Å². The van der Waals surface area contributed by atoms with E-state index in [9.17, 15) is 9.32 Å². The third-order valence-corrected chi connectivity index (χ3v) is 3.00. The summed E-state index contributed by atoms with van der Waals surface area (Å²) in [5, 5.41) is 9.69. The predicted octanol–water partition coefficient (Wildman–Crippen LogP) is 2.64. The molecule has 0 aromatic heterocycles. The average Bonchev–Trinajstić information content (AvgIpc) is 2.29. The Balaban J connectivity index is 2.65. The van der Waals surface area contributed by atoms with Crippen molar-refractivity contribution in [1.82, 2.24) is 0 Å². The summed E-state index contributed by atoms with van der Waals surface area (Å²) in [4.78, 5) is 0.295. The summed E-state index contributed by atoms with van der Waals surface area (Å²) in [5.74, 6) is 0.0976. The molecule has 0 aliphatic heterocycles. The lowest BCUT2D eigenvalue weighted by Crippen LogP contribution is -1.92. The first-order valence-corrected chi connectivity index (χ1v) is 5.79. The van der Waals surface area contributed by atoms with E-state index in [1.807, 2.05) is 0 Å². The van der Waals surface area contributed by atoms with Gasteiger partial charge in [0.2, 0.25) is 0 Å². The zero-order chi connectivity index (χ0) is 11.5. The minimum absolute atomic E-state index is 0.0976. The molecule has 2 aromatic carbocycles. The van der Waals surface area contributed by atoms with Gasteiger partial charge < -0.3 is 9.66 Å². The molecule has 0 amide bonds. The number of para-hydroxylation sites is 1. The molecule has 0 bridgehead atoms. The summed E-state index contributed by atoms with van der Waals surface area (Å²) in [6.07, 6.45) is 0. The molecule has 0 fully saturated rings. The van der Waals surface area contributed by atoms with E-state index < -0.39 is 11.1 Å². The van der Waals surface area contributed by atoms with E-state index >= 15 is 0 Å². The van der Waals surface area contributed by atoms with Crippen molar-refractivity contribution in [2.24, 2.45) is 0 Å². The molecule has 16 heavy (non-hydrogen) atoms. The fourth-order valence-corrected chi connectivity index (χ4v) is 2.10. The molecule has 0 spiro atoms. The molecule has 1 unspecified atom stereocenters. The summed E-state index contributed by atoms with van der Waals surface area (Å²) < 4.78 is 20.3. The van der Waals surface area contributed by atoms with Gasteiger partial charge in [-0.2, -0.15) is 0 Å². The first-order chi connectivity index (χ1) is 7.70. The van der Waals surface area contributed by atoms with E-state index in [-0.39, 0.29) is 5.75 Å². The maximum absolute atomic E-state index is 11.1. The van der Waals surface area contributed by atoms with Gasteiger partial charge in [-0.05, 0) is 12.1 Å². The zero-order valence-corrected chi connectivity index (χ0v) is 9.15. The molecule has 4 heteroatoms. The number of aromatic hydroxyl groups is 1. The Morgan fingerprint density at radius 3 is 2.06 bits per heavy atom. The van der Waals surface area contributed by atoms with Crippen molar-refractivity contribution >= 4 is 11.1 Å². The molecule has 1 atom stereocenters. The zero-order valence-electron chi connectivity index (χ0n) is 8.33. The van der Waals surface area contributed by atoms with Crippen LogP contribution in [0, 0.1) is 0 Å². The Bertz CT molecular complexity index is 537. The first kappa shape index (κ1) is 10.9. The Labute approximate surface area is 95.7 Å². The van der Waals surface area contributed by atoms with Gasteiger partial charge in [0, 0.05) is 11.1 Å². The van der Waals surface area contributed by atoms with E-state index in [4.69, 9.17) is 4.55 Å². The maximum atomic E-state index is 11.1. The second-order valence-electron chi connectivity index (χ2n) is 3.26. The van der Waals surface area contributed by atoms with Crippen molar-refractivity contribution in [3.63, 3.8) is 0 Å². The Morgan fingerprint density at radius 2 is 1.44 bits per heavy atom. The Morgan fingerprint density at radius 1 is 0.875 bits per heavy atom. The van der Waals surface area contributed by atoms with Crippen molar-refractivity contribution in [2.45, 2.75) is 4.90 Å². The predicted molar refractivity (Wildman–Crippen MR) is 62.6 cm³/mol. The topological polar surface area (TPSA) is 57.5 Å². The number of hydrogen-bond donors (Lipinski definition) is 2. The van der Waals surface area contributed by atoms with E-state index in [0.717, 1.165) is 0 Å². The molecule has 2 aromatic rings. The van der Waals surface area contributed by atoms with Crippen molar-refractivity contribution in [1.29, 1.82) is 0 Å². The lowest BCUT2D eigenvalue weighted by atomic mass is 10.0. The van der Waals surface area contributed by atoms with Crippen LogP contribution in [0.3, 0.4) is 0 Å². The molecule has 0 aliphatic carbocycles. The van der Waals surface area contributed by atoms with Crippen LogP contribution in [0.5, 0.6) is 5.75 Å². The van der Waals surface area contributed by atoms with Gasteiger partial charge in [-0.25, -0.2) is 4.21 Å². The van der Waals surface area contributed by atoms with Crippen LogP contribution in [0.15, 0.2) is 53.4 Å². The van der Waals surface area contributed by atoms with Crippen LogP contribution >= 0.6 is 0 Å². The lowest BCUT2D eigenvalue weighted by Gasteiger charge is -2.07. The fraction of sp³-hybridized carbons (Fsp3) is 0. The smallest absolute Gasteiger partial charge is 0.187 e. The van der Waals surface area contributed by atoms with Gasteiger partial charge in [0.25, 0.3) is 0 Å². The molecule has 3 nitrogen and oxygen atoms in total. The molecule has 0 heterocycles. The van der Waals surface area contributed by atoms with Crippen LogP contribution in [-0.4, -0.2) is 13.9 Å². The molecule has 0 aliphatic rings. The normalized spacial score (nSPS) is 12.3. The molecule has 0 saturated heterocycles. The van der Waals surface area contributed by atoms with E-state index in [0.29, 0.717) is 16.0 Å². The van der Waals surface area contributed by atoms with Crippen LogP contribution < -0.4 is 0 Å². The highest BCUT2D eigenvalue weighted by Gasteiger charge is 2.11. The number of phenolic OH excluding ortho intramolecular Hbond substituents is 1. The molecular formula is C12H10O3S. The second-order valence-corrected chi connectivity index (χ2v) is 4.20. The summed E-state index contributed by atoms with van der Waals surface area (Å²) in [7, 11) is 0. The van der Waals surface area contributed by atoms with Gasteiger partial charge in [-0.1, -0.05) is 36.4 Å². The fourth-order valence-electron chi connectivity index (χ4n) is 1.54. The Hall–Kier alpha value is -1.65. The van der Waals surface area contributed by atoms with E-state index in [2.05, 4.69) is 0 Å². The SMILES string of the molecule is O=S(O)c1ccccc1-c1ccccc1O. The quantitative estimate of drug-likeness (QED) is 0.785. The molecule has 0 radical (unpaired) electrons. The summed E-state index contributed by atoms with van der Waals surface area (Å²) >= 11 is -2.06. The van der Waals surface area contributed by atoms with Crippen molar-refractivity contribution in [3.05, 3.63) is 48.5 Å². The van der Waals surface area contributed by atoms with Crippen molar-refractivity contribution in [3.8, 4) is 16.9 Å². The van der Waals surface area contributed by atoms with Crippen LogP contribution in [0.4, 0.5) is 0 Å².